The van der Waals surface area contributed by atoms with Crippen molar-refractivity contribution in [3.63, 3.8) is 0 Å². The van der Waals surface area contributed by atoms with Gasteiger partial charge in [-0.05, 0) is 124 Å². The van der Waals surface area contributed by atoms with Crippen molar-refractivity contribution in [2.75, 3.05) is 20.3 Å². The van der Waals surface area contributed by atoms with E-state index in [1.54, 1.807) is 27.9 Å². The van der Waals surface area contributed by atoms with Gasteiger partial charge in [-0.25, -0.2) is 9.86 Å². The summed E-state index contributed by atoms with van der Waals surface area (Å²) in [5, 5.41) is 14.7. The van der Waals surface area contributed by atoms with Gasteiger partial charge in [0, 0.05) is 13.2 Å². The molecule has 0 unspecified atom stereocenters. The molecule has 0 radical (unpaired) electrons. The summed E-state index contributed by atoms with van der Waals surface area (Å²) in [6.07, 6.45) is 3.50. The lowest BCUT2D eigenvalue weighted by atomic mass is 10.0. The van der Waals surface area contributed by atoms with E-state index in [4.69, 9.17) is 19.0 Å². The molecule has 4 aromatic carbocycles. The van der Waals surface area contributed by atoms with Gasteiger partial charge in [0.1, 0.15) is 18.0 Å². The maximum Gasteiger partial charge on any atom is 0.338 e. The van der Waals surface area contributed by atoms with Gasteiger partial charge < -0.3 is 19.3 Å². The number of ether oxygens (including phenoxy) is 3. The molecule has 4 aromatic rings. The summed E-state index contributed by atoms with van der Waals surface area (Å²) >= 11 is 0. The number of nitrogens with zero attached hydrogens (tertiary/aromatic N) is 1. The summed E-state index contributed by atoms with van der Waals surface area (Å²) in [6, 6.07) is 28.7. The largest absolute Gasteiger partial charge is 0.497 e. The van der Waals surface area contributed by atoms with Crippen LogP contribution in [-0.2, 0) is 43.3 Å². The monoisotopic (exact) mass is 711 g/mol. The molecular formula is C44H57NO7. The van der Waals surface area contributed by atoms with Crippen LogP contribution in [0.1, 0.15) is 87.1 Å². The molecule has 0 spiro atoms. The van der Waals surface area contributed by atoms with Crippen LogP contribution in [-0.4, -0.2) is 60.1 Å². The van der Waals surface area contributed by atoms with Crippen LogP contribution < -0.4 is 4.74 Å². The fourth-order valence-electron chi connectivity index (χ4n) is 5.98. The number of methoxy groups -OCH3 is 1. The zero-order chi connectivity index (χ0) is 37.5. The number of hydrogen-bond acceptors (Lipinski definition) is 7. The summed E-state index contributed by atoms with van der Waals surface area (Å²) in [5.74, 6) is -0.671. The first kappa shape index (κ1) is 40.5. The number of aryl methyl sites for hydroxylation is 4. The Labute approximate surface area is 310 Å². The van der Waals surface area contributed by atoms with E-state index in [9.17, 15) is 14.7 Å². The van der Waals surface area contributed by atoms with Crippen molar-refractivity contribution in [2.24, 2.45) is 0 Å². The lowest BCUT2D eigenvalue weighted by Gasteiger charge is -2.30. The molecule has 280 valence electrons. The minimum atomic E-state index is -1.81. The van der Waals surface area contributed by atoms with Gasteiger partial charge in [0.05, 0.1) is 7.11 Å². The Balaban J connectivity index is 1.38. The Morgan fingerprint density at radius 2 is 1.38 bits per heavy atom. The van der Waals surface area contributed by atoms with Crippen LogP contribution in [0.2, 0.25) is 0 Å². The van der Waals surface area contributed by atoms with Crippen molar-refractivity contribution in [3.05, 3.63) is 113 Å². The van der Waals surface area contributed by atoms with Crippen molar-refractivity contribution in [1.29, 1.82) is 0 Å². The highest BCUT2D eigenvalue weighted by atomic mass is 16.7. The number of carbonyl (C=O) groups is 2. The molecule has 52 heavy (non-hydrogen) atoms. The van der Waals surface area contributed by atoms with Crippen molar-refractivity contribution in [1.82, 2.24) is 5.06 Å². The zero-order valence-corrected chi connectivity index (χ0v) is 31.9. The molecule has 0 fully saturated rings. The average Bonchev–Trinajstić information content (AvgIpc) is 3.12. The number of hydrogen-bond donors (Lipinski definition) is 1. The van der Waals surface area contributed by atoms with E-state index in [0.717, 1.165) is 55.2 Å². The second-order valence-corrected chi connectivity index (χ2v) is 14.6. The third-order valence-corrected chi connectivity index (χ3v) is 9.07. The van der Waals surface area contributed by atoms with Gasteiger partial charge in [-0.1, -0.05) is 85.6 Å². The highest BCUT2D eigenvalue weighted by molar-refractivity contribution is 5.88. The SMILES string of the molecule is COc1ccc2cc(CCCCCN(OCc3ccccc3)C(=O)[C@H](OCCCCCc3ccc(C)c(C)c3)[C@@H](O)C(=O)OC(C)(C)C)ccc2c1. The van der Waals surface area contributed by atoms with Crippen LogP contribution in [0.25, 0.3) is 10.8 Å². The van der Waals surface area contributed by atoms with Crippen molar-refractivity contribution in [3.8, 4) is 5.75 Å². The van der Waals surface area contributed by atoms with E-state index in [0.29, 0.717) is 12.8 Å². The standard InChI is InChI=1S/C44H57NO7/c1-32-20-21-34(28-33(32)2)16-13-9-15-27-50-41(40(46)43(48)52-44(3,4)5)42(47)45(51-31-36-18-10-7-11-19-36)26-14-8-12-17-35-22-23-38-30-39(49-6)25-24-37(38)29-35/h7,10-11,18-25,28-30,40-41,46H,8-9,12-17,26-27,31H2,1-6H3/t40-,41-/m1/s1. The molecular weight excluding hydrogens is 654 g/mol. The summed E-state index contributed by atoms with van der Waals surface area (Å²) in [6.45, 7) is 10.0. The first-order valence-corrected chi connectivity index (χ1v) is 18.6. The predicted octanol–water partition coefficient (Wildman–Crippen LogP) is 8.64. The third kappa shape index (κ3) is 13.1. The summed E-state index contributed by atoms with van der Waals surface area (Å²) in [7, 11) is 1.67. The van der Waals surface area contributed by atoms with Crippen LogP contribution >= 0.6 is 0 Å². The number of rotatable bonds is 20. The van der Waals surface area contributed by atoms with Gasteiger partial charge in [0.15, 0.2) is 12.2 Å². The van der Waals surface area contributed by atoms with Gasteiger partial charge in [-0.3, -0.25) is 9.63 Å². The van der Waals surface area contributed by atoms with E-state index in [1.807, 2.05) is 42.5 Å². The molecule has 8 heteroatoms. The van der Waals surface area contributed by atoms with E-state index in [1.165, 1.54) is 32.7 Å². The smallest absolute Gasteiger partial charge is 0.338 e. The number of fused-ring (bicyclic) bond motifs is 1. The number of aliphatic hydroxyl groups excluding tert-OH is 1. The van der Waals surface area contributed by atoms with Gasteiger partial charge in [-0.15, -0.1) is 0 Å². The Hall–Kier alpha value is -4.24. The molecule has 1 N–H and O–H groups in total. The summed E-state index contributed by atoms with van der Waals surface area (Å²) < 4.78 is 16.8. The van der Waals surface area contributed by atoms with Crippen molar-refractivity contribution >= 4 is 22.6 Å². The van der Waals surface area contributed by atoms with Crippen molar-refractivity contribution < 1.29 is 33.7 Å². The van der Waals surface area contributed by atoms with E-state index >= 15 is 0 Å². The second-order valence-electron chi connectivity index (χ2n) is 14.6. The first-order valence-electron chi connectivity index (χ1n) is 18.6. The molecule has 0 aliphatic rings. The Morgan fingerprint density at radius 3 is 2.08 bits per heavy atom. The maximum absolute atomic E-state index is 14.1. The molecule has 4 rings (SSSR count). The third-order valence-electron chi connectivity index (χ3n) is 9.07. The van der Waals surface area contributed by atoms with Crippen LogP contribution in [0.15, 0.2) is 84.9 Å². The van der Waals surface area contributed by atoms with E-state index in [-0.39, 0.29) is 19.8 Å². The van der Waals surface area contributed by atoms with Gasteiger partial charge in [-0.2, -0.15) is 0 Å². The Bertz CT molecular complexity index is 1720. The average molecular weight is 712 g/mol. The number of unbranched alkanes of at least 4 members (excludes halogenated alkanes) is 4. The minimum Gasteiger partial charge on any atom is -0.497 e. The number of amides is 1. The number of esters is 1. The fraction of sp³-hybridized carbons (Fsp3) is 0.455. The van der Waals surface area contributed by atoms with Gasteiger partial charge >= 0.3 is 5.97 Å². The highest BCUT2D eigenvalue weighted by Crippen LogP contribution is 2.23. The molecule has 0 saturated heterocycles. The Morgan fingerprint density at radius 1 is 0.731 bits per heavy atom. The van der Waals surface area contributed by atoms with E-state index in [2.05, 4.69) is 56.3 Å². The maximum atomic E-state index is 14.1. The van der Waals surface area contributed by atoms with Crippen molar-refractivity contribution in [2.45, 2.75) is 110 Å². The minimum absolute atomic E-state index is 0.155. The van der Waals surface area contributed by atoms with Crippen LogP contribution in [0.4, 0.5) is 0 Å². The van der Waals surface area contributed by atoms with Gasteiger partial charge in [0.2, 0.25) is 0 Å². The molecule has 1 amide bonds. The van der Waals surface area contributed by atoms with Crippen LogP contribution in [0.5, 0.6) is 5.75 Å². The number of benzene rings is 4. The summed E-state index contributed by atoms with van der Waals surface area (Å²) in [5.41, 5.74) is 5.14. The number of hydroxylamine groups is 2. The molecule has 0 aromatic heterocycles. The normalized spacial score (nSPS) is 12.8. The molecule has 0 aliphatic carbocycles. The highest BCUT2D eigenvalue weighted by Gasteiger charge is 2.39. The van der Waals surface area contributed by atoms with Gasteiger partial charge in [0.25, 0.3) is 5.91 Å². The lowest BCUT2D eigenvalue weighted by Crippen LogP contribution is -2.50. The molecule has 0 saturated carbocycles. The predicted molar refractivity (Wildman–Crippen MR) is 206 cm³/mol. The number of carbonyl (C=O) groups excluding carboxylic acids is 2. The fourth-order valence-corrected chi connectivity index (χ4v) is 5.98. The first-order chi connectivity index (χ1) is 24.9. The topological polar surface area (TPSA) is 94.5 Å². The van der Waals surface area contributed by atoms with E-state index < -0.39 is 29.7 Å². The molecule has 2 atom stereocenters. The zero-order valence-electron chi connectivity index (χ0n) is 31.9. The molecule has 8 nitrogen and oxygen atoms in total. The lowest BCUT2D eigenvalue weighted by molar-refractivity contribution is -0.211. The summed E-state index contributed by atoms with van der Waals surface area (Å²) in [4.78, 5) is 33.2. The second kappa shape index (κ2) is 20.1. The van der Waals surface area contributed by atoms with Crippen LogP contribution in [0, 0.1) is 13.8 Å². The molecule has 0 aliphatic heterocycles. The quantitative estimate of drug-likeness (QED) is 0.0557. The molecule has 0 bridgehead atoms. The number of aliphatic hydroxyl groups is 1. The van der Waals surface area contributed by atoms with Crippen LogP contribution in [0.3, 0.4) is 0 Å². The molecule has 0 heterocycles. The Kier molecular flexibility index (Phi) is 15.7.